The maximum atomic E-state index is 5.71. The number of anilines is 1. The van der Waals surface area contributed by atoms with Crippen molar-refractivity contribution in [2.45, 2.75) is 6.42 Å². The lowest BCUT2D eigenvalue weighted by molar-refractivity contribution is 0.141. The minimum absolute atomic E-state index is 0.576. The van der Waals surface area contributed by atoms with E-state index >= 15 is 0 Å². The first-order valence-corrected chi connectivity index (χ1v) is 5.34. The molecule has 0 aliphatic heterocycles. The van der Waals surface area contributed by atoms with Gasteiger partial charge < -0.3 is 15.8 Å². The largest absolute Gasteiger partial charge is 0.380 e. The lowest BCUT2D eigenvalue weighted by atomic mass is 10.4. The van der Waals surface area contributed by atoms with Gasteiger partial charge in [-0.15, -0.1) is 0 Å². The average molecular weight is 230 g/mol. The molecule has 0 aliphatic rings. The summed E-state index contributed by atoms with van der Waals surface area (Å²) in [5, 5.41) is 3.81. The van der Waals surface area contributed by atoms with Crippen LogP contribution in [0.1, 0.15) is 6.42 Å². The Hall–Kier alpha value is -0.840. The molecule has 5 heteroatoms. The Kier molecular flexibility index (Phi) is 6.08. The van der Waals surface area contributed by atoms with Crippen LogP contribution in [-0.4, -0.2) is 31.3 Å². The molecule has 0 saturated heterocycles. The van der Waals surface area contributed by atoms with Gasteiger partial charge in [0.05, 0.1) is 11.6 Å². The van der Waals surface area contributed by atoms with Crippen LogP contribution in [-0.2, 0) is 4.74 Å². The van der Waals surface area contributed by atoms with Crippen LogP contribution in [0.5, 0.6) is 0 Å². The summed E-state index contributed by atoms with van der Waals surface area (Å²) in [5.41, 5.74) is 5.29. The van der Waals surface area contributed by atoms with Crippen LogP contribution >= 0.6 is 11.6 Å². The van der Waals surface area contributed by atoms with Crippen LogP contribution < -0.4 is 11.1 Å². The number of rotatable bonds is 7. The molecule has 0 unspecified atom stereocenters. The third-order valence-corrected chi connectivity index (χ3v) is 1.98. The molecule has 15 heavy (non-hydrogen) atoms. The van der Waals surface area contributed by atoms with Gasteiger partial charge in [-0.1, -0.05) is 11.6 Å². The van der Waals surface area contributed by atoms with Crippen LogP contribution in [0.2, 0.25) is 5.02 Å². The van der Waals surface area contributed by atoms with Crippen LogP contribution in [0.15, 0.2) is 18.3 Å². The molecule has 0 saturated carbocycles. The normalized spacial score (nSPS) is 10.3. The zero-order valence-electron chi connectivity index (χ0n) is 8.58. The Labute approximate surface area is 94.8 Å². The first-order chi connectivity index (χ1) is 7.33. The Bertz CT molecular complexity index is 266. The van der Waals surface area contributed by atoms with Gasteiger partial charge in [-0.25, -0.2) is 4.98 Å². The quantitative estimate of drug-likeness (QED) is 0.696. The topological polar surface area (TPSA) is 60.2 Å². The molecule has 0 aromatic carbocycles. The molecule has 4 nitrogen and oxygen atoms in total. The molecule has 1 heterocycles. The summed E-state index contributed by atoms with van der Waals surface area (Å²) in [6.45, 7) is 2.75. The van der Waals surface area contributed by atoms with E-state index in [0.29, 0.717) is 18.2 Å². The SMILES string of the molecule is NCCOCCCNc1ccc(Cl)cn1. The molecule has 3 N–H and O–H groups in total. The van der Waals surface area contributed by atoms with Crippen molar-refractivity contribution < 1.29 is 4.74 Å². The Morgan fingerprint density at radius 2 is 2.27 bits per heavy atom. The molecule has 0 atom stereocenters. The number of nitrogens with one attached hydrogen (secondary N) is 1. The summed E-state index contributed by atoms with van der Waals surface area (Å²) in [6, 6.07) is 3.66. The van der Waals surface area contributed by atoms with Crippen LogP contribution in [0.25, 0.3) is 0 Å². The highest BCUT2D eigenvalue weighted by molar-refractivity contribution is 6.30. The predicted molar refractivity (Wildman–Crippen MR) is 62.2 cm³/mol. The Morgan fingerprint density at radius 1 is 1.40 bits per heavy atom. The minimum atomic E-state index is 0.576. The first-order valence-electron chi connectivity index (χ1n) is 4.96. The van der Waals surface area contributed by atoms with Gasteiger partial charge in [-0.2, -0.15) is 0 Å². The average Bonchev–Trinajstić information content (AvgIpc) is 2.26. The van der Waals surface area contributed by atoms with Gasteiger partial charge in [0.15, 0.2) is 0 Å². The highest BCUT2D eigenvalue weighted by Gasteiger charge is 1.93. The Morgan fingerprint density at radius 3 is 2.93 bits per heavy atom. The number of hydrogen-bond acceptors (Lipinski definition) is 4. The molecular weight excluding hydrogens is 214 g/mol. The standard InChI is InChI=1S/C10H16ClN3O/c11-9-2-3-10(14-8-9)13-5-1-6-15-7-4-12/h2-3,8H,1,4-7,12H2,(H,13,14). The number of nitrogens with two attached hydrogens (primary N) is 1. The van der Waals surface area contributed by atoms with Crippen LogP contribution in [0.3, 0.4) is 0 Å². The molecule has 0 radical (unpaired) electrons. The maximum absolute atomic E-state index is 5.71. The van der Waals surface area contributed by atoms with E-state index in [4.69, 9.17) is 22.1 Å². The molecule has 84 valence electrons. The molecule has 0 aliphatic carbocycles. The molecule has 1 aromatic heterocycles. The van der Waals surface area contributed by atoms with Crippen molar-refractivity contribution in [3.05, 3.63) is 23.4 Å². The molecule has 1 aromatic rings. The number of hydrogen-bond donors (Lipinski definition) is 2. The van der Waals surface area contributed by atoms with Crippen molar-refractivity contribution in [1.29, 1.82) is 0 Å². The molecule has 0 amide bonds. The van der Waals surface area contributed by atoms with Gasteiger partial charge >= 0.3 is 0 Å². The monoisotopic (exact) mass is 229 g/mol. The van der Waals surface area contributed by atoms with Gasteiger partial charge in [0.1, 0.15) is 5.82 Å². The van der Waals surface area contributed by atoms with Crippen molar-refractivity contribution in [3.8, 4) is 0 Å². The summed E-state index contributed by atoms with van der Waals surface area (Å²) in [5.74, 6) is 0.832. The molecule has 0 bridgehead atoms. The number of pyridine rings is 1. The summed E-state index contributed by atoms with van der Waals surface area (Å²) in [4.78, 5) is 4.11. The van der Waals surface area contributed by atoms with Crippen molar-refractivity contribution in [2.75, 3.05) is 31.6 Å². The van der Waals surface area contributed by atoms with Gasteiger partial charge in [0.2, 0.25) is 0 Å². The highest BCUT2D eigenvalue weighted by atomic mass is 35.5. The van der Waals surface area contributed by atoms with Gasteiger partial charge in [0.25, 0.3) is 0 Å². The van der Waals surface area contributed by atoms with E-state index in [-0.39, 0.29) is 0 Å². The smallest absolute Gasteiger partial charge is 0.125 e. The van der Waals surface area contributed by atoms with E-state index in [2.05, 4.69) is 10.3 Å². The second-order valence-electron chi connectivity index (χ2n) is 3.04. The van der Waals surface area contributed by atoms with Crippen LogP contribution in [0, 0.1) is 0 Å². The fraction of sp³-hybridized carbons (Fsp3) is 0.500. The lowest BCUT2D eigenvalue weighted by Gasteiger charge is -2.05. The molecule has 0 spiro atoms. The number of nitrogens with zero attached hydrogens (tertiary/aromatic N) is 1. The summed E-state index contributed by atoms with van der Waals surface area (Å²) in [6.07, 6.45) is 2.55. The van der Waals surface area contributed by atoms with E-state index in [1.807, 2.05) is 12.1 Å². The summed E-state index contributed by atoms with van der Waals surface area (Å²) >= 11 is 5.71. The first kappa shape index (κ1) is 12.2. The van der Waals surface area contributed by atoms with Crippen molar-refractivity contribution in [3.63, 3.8) is 0 Å². The van der Waals surface area contributed by atoms with Gasteiger partial charge in [0, 0.05) is 25.9 Å². The molecule has 0 fully saturated rings. The van der Waals surface area contributed by atoms with Gasteiger partial charge in [-0.3, -0.25) is 0 Å². The number of halogens is 1. The minimum Gasteiger partial charge on any atom is -0.380 e. The van der Waals surface area contributed by atoms with Crippen molar-refractivity contribution >= 4 is 17.4 Å². The lowest BCUT2D eigenvalue weighted by Crippen LogP contribution is -2.11. The summed E-state index contributed by atoms with van der Waals surface area (Å²) < 4.78 is 5.23. The van der Waals surface area contributed by atoms with E-state index < -0.39 is 0 Å². The van der Waals surface area contributed by atoms with E-state index in [1.54, 1.807) is 6.20 Å². The van der Waals surface area contributed by atoms with Crippen molar-refractivity contribution in [1.82, 2.24) is 4.98 Å². The van der Waals surface area contributed by atoms with Crippen molar-refractivity contribution in [2.24, 2.45) is 5.73 Å². The Balaban J connectivity index is 2.07. The number of ether oxygens (including phenoxy) is 1. The second kappa shape index (κ2) is 7.45. The fourth-order valence-electron chi connectivity index (χ4n) is 1.06. The predicted octanol–water partition coefficient (Wildman–Crippen LogP) is 1.51. The van der Waals surface area contributed by atoms with E-state index in [1.165, 1.54) is 0 Å². The fourth-order valence-corrected chi connectivity index (χ4v) is 1.17. The van der Waals surface area contributed by atoms with E-state index in [9.17, 15) is 0 Å². The summed E-state index contributed by atoms with van der Waals surface area (Å²) in [7, 11) is 0. The molecular formula is C10H16ClN3O. The number of aromatic nitrogens is 1. The third kappa shape index (κ3) is 5.57. The third-order valence-electron chi connectivity index (χ3n) is 1.76. The molecule has 1 rings (SSSR count). The maximum Gasteiger partial charge on any atom is 0.125 e. The highest BCUT2D eigenvalue weighted by Crippen LogP contribution is 2.09. The second-order valence-corrected chi connectivity index (χ2v) is 3.48. The van der Waals surface area contributed by atoms with Crippen LogP contribution in [0.4, 0.5) is 5.82 Å². The van der Waals surface area contributed by atoms with Gasteiger partial charge in [-0.05, 0) is 18.6 Å². The zero-order chi connectivity index (χ0) is 10.9. The van der Waals surface area contributed by atoms with E-state index in [0.717, 1.165) is 25.4 Å². The zero-order valence-corrected chi connectivity index (χ0v) is 9.33.